The topological polar surface area (TPSA) is 90.7 Å². The van der Waals surface area contributed by atoms with Gasteiger partial charge in [-0.05, 0) is 29.8 Å². The van der Waals surface area contributed by atoms with E-state index in [4.69, 9.17) is 9.47 Å². The van der Waals surface area contributed by atoms with E-state index in [1.165, 1.54) is 17.8 Å². The van der Waals surface area contributed by atoms with Crippen molar-refractivity contribution in [2.45, 2.75) is 6.61 Å². The molecular formula is C20H18N2O5. The summed E-state index contributed by atoms with van der Waals surface area (Å²) in [5.74, 6) is 0.0652. The number of carbonyl (C=O) groups is 2. The van der Waals surface area contributed by atoms with Crippen molar-refractivity contribution >= 4 is 12.3 Å². The van der Waals surface area contributed by atoms with E-state index < -0.39 is 5.97 Å². The van der Waals surface area contributed by atoms with Gasteiger partial charge in [0.05, 0.1) is 18.4 Å². The number of ether oxygens (including phenoxy) is 2. The molecule has 0 atom stereocenters. The molecule has 138 valence electrons. The first-order chi connectivity index (χ1) is 13.0. The molecule has 1 N–H and O–H groups in total. The van der Waals surface area contributed by atoms with E-state index in [1.54, 1.807) is 25.3 Å². The summed E-state index contributed by atoms with van der Waals surface area (Å²) in [4.78, 5) is 22.9. The van der Waals surface area contributed by atoms with Crippen molar-refractivity contribution in [1.82, 2.24) is 9.78 Å². The van der Waals surface area contributed by atoms with Crippen LogP contribution in [0.5, 0.6) is 11.5 Å². The van der Waals surface area contributed by atoms with Crippen molar-refractivity contribution in [2.24, 2.45) is 7.05 Å². The number of aldehydes is 1. The van der Waals surface area contributed by atoms with Gasteiger partial charge in [-0.2, -0.15) is 5.10 Å². The van der Waals surface area contributed by atoms with E-state index in [0.717, 1.165) is 11.3 Å². The van der Waals surface area contributed by atoms with Crippen molar-refractivity contribution in [3.63, 3.8) is 0 Å². The molecule has 0 saturated carbocycles. The van der Waals surface area contributed by atoms with Gasteiger partial charge in [-0.1, -0.05) is 24.3 Å². The molecule has 27 heavy (non-hydrogen) atoms. The first-order valence-corrected chi connectivity index (χ1v) is 8.15. The molecule has 0 unspecified atom stereocenters. The lowest BCUT2D eigenvalue weighted by Gasteiger charge is -2.11. The van der Waals surface area contributed by atoms with E-state index in [2.05, 4.69) is 5.10 Å². The summed E-state index contributed by atoms with van der Waals surface area (Å²) in [5, 5.41) is 13.4. The van der Waals surface area contributed by atoms with Gasteiger partial charge >= 0.3 is 5.97 Å². The third kappa shape index (κ3) is 3.82. The number of carboxylic acid groups (broad SMARTS) is 1. The third-order valence-corrected chi connectivity index (χ3v) is 4.11. The number of carboxylic acids is 1. The van der Waals surface area contributed by atoms with Crippen LogP contribution in [0.2, 0.25) is 0 Å². The van der Waals surface area contributed by atoms with Crippen molar-refractivity contribution in [3.8, 4) is 22.8 Å². The quantitative estimate of drug-likeness (QED) is 0.646. The van der Waals surface area contributed by atoms with Crippen LogP contribution in [0.3, 0.4) is 0 Å². The minimum absolute atomic E-state index is 0.0337. The largest absolute Gasteiger partial charge is 0.497 e. The lowest BCUT2D eigenvalue weighted by atomic mass is 10.0. The number of rotatable bonds is 7. The molecule has 0 aliphatic carbocycles. The fourth-order valence-electron chi connectivity index (χ4n) is 2.70. The Kier molecular flexibility index (Phi) is 5.21. The molecule has 0 aliphatic heterocycles. The van der Waals surface area contributed by atoms with Gasteiger partial charge in [0.15, 0.2) is 6.29 Å². The number of carbonyl (C=O) groups excluding carboxylic acids is 1. The zero-order valence-corrected chi connectivity index (χ0v) is 14.9. The maximum absolute atomic E-state index is 11.7. The Hall–Kier alpha value is -3.61. The highest BCUT2D eigenvalue weighted by Gasteiger charge is 2.17. The van der Waals surface area contributed by atoms with Crippen molar-refractivity contribution < 1.29 is 24.2 Å². The molecule has 0 bridgehead atoms. The summed E-state index contributed by atoms with van der Waals surface area (Å²) in [7, 11) is 3.14. The lowest BCUT2D eigenvalue weighted by Crippen LogP contribution is -2.04. The SMILES string of the molecule is COc1ccc(COc2cccc(-c3cc(C(=O)O)n(C)n3)c2C=O)cc1. The van der Waals surface area contributed by atoms with E-state index in [0.29, 0.717) is 28.9 Å². The number of aromatic carboxylic acids is 1. The molecule has 0 spiro atoms. The van der Waals surface area contributed by atoms with Crippen molar-refractivity contribution in [3.05, 3.63) is 65.4 Å². The van der Waals surface area contributed by atoms with Gasteiger partial charge in [-0.15, -0.1) is 0 Å². The second-order valence-electron chi connectivity index (χ2n) is 5.82. The number of methoxy groups -OCH3 is 1. The predicted molar refractivity (Wildman–Crippen MR) is 98.3 cm³/mol. The molecule has 3 rings (SSSR count). The maximum atomic E-state index is 11.7. The minimum atomic E-state index is -1.09. The van der Waals surface area contributed by atoms with Crippen molar-refractivity contribution in [2.75, 3.05) is 7.11 Å². The molecule has 0 fully saturated rings. The zero-order chi connectivity index (χ0) is 19.4. The average Bonchev–Trinajstić information content (AvgIpc) is 3.08. The predicted octanol–water partition coefficient (Wildman–Crippen LogP) is 3.19. The second-order valence-corrected chi connectivity index (χ2v) is 5.82. The first kappa shape index (κ1) is 18.2. The fraction of sp³-hybridized carbons (Fsp3) is 0.150. The molecule has 0 saturated heterocycles. The van der Waals surface area contributed by atoms with Crippen LogP contribution in [-0.4, -0.2) is 34.3 Å². The Morgan fingerprint density at radius 2 is 1.96 bits per heavy atom. The van der Waals surface area contributed by atoms with Gasteiger partial charge in [0.2, 0.25) is 0 Å². The van der Waals surface area contributed by atoms with Gasteiger partial charge in [0.25, 0.3) is 0 Å². The van der Waals surface area contributed by atoms with Crippen LogP contribution < -0.4 is 9.47 Å². The van der Waals surface area contributed by atoms with Crippen LogP contribution in [0, 0.1) is 0 Å². The normalized spacial score (nSPS) is 10.4. The fourth-order valence-corrected chi connectivity index (χ4v) is 2.70. The summed E-state index contributed by atoms with van der Waals surface area (Å²) in [5.41, 5.74) is 2.18. The third-order valence-electron chi connectivity index (χ3n) is 4.11. The van der Waals surface area contributed by atoms with Gasteiger partial charge in [-0.3, -0.25) is 9.48 Å². The molecule has 0 radical (unpaired) electrons. The number of hydrogen-bond donors (Lipinski definition) is 1. The molecule has 0 aliphatic rings. The monoisotopic (exact) mass is 366 g/mol. The van der Waals surface area contributed by atoms with Gasteiger partial charge in [-0.25, -0.2) is 4.79 Å². The molecule has 1 heterocycles. The van der Waals surface area contributed by atoms with Crippen LogP contribution in [0.25, 0.3) is 11.3 Å². The zero-order valence-electron chi connectivity index (χ0n) is 14.9. The Morgan fingerprint density at radius 1 is 1.22 bits per heavy atom. The second kappa shape index (κ2) is 7.74. The summed E-state index contributed by atoms with van der Waals surface area (Å²) in [6, 6.07) is 14.0. The van der Waals surface area contributed by atoms with Crippen LogP contribution in [-0.2, 0) is 13.7 Å². The number of aryl methyl sites for hydroxylation is 1. The molecule has 3 aromatic rings. The van der Waals surface area contributed by atoms with Crippen LogP contribution >= 0.6 is 0 Å². The van der Waals surface area contributed by atoms with E-state index in [1.807, 2.05) is 24.3 Å². The summed E-state index contributed by atoms with van der Waals surface area (Å²) >= 11 is 0. The minimum Gasteiger partial charge on any atom is -0.497 e. The highest BCUT2D eigenvalue weighted by atomic mass is 16.5. The molecule has 7 heteroatoms. The smallest absolute Gasteiger partial charge is 0.354 e. The Bertz CT molecular complexity index is 977. The first-order valence-electron chi connectivity index (χ1n) is 8.15. The average molecular weight is 366 g/mol. The highest BCUT2D eigenvalue weighted by molar-refractivity contribution is 5.92. The van der Waals surface area contributed by atoms with E-state index in [-0.39, 0.29) is 12.3 Å². The van der Waals surface area contributed by atoms with Gasteiger partial charge < -0.3 is 14.6 Å². The molecule has 1 aromatic heterocycles. The molecule has 0 amide bonds. The lowest BCUT2D eigenvalue weighted by molar-refractivity contribution is 0.0685. The van der Waals surface area contributed by atoms with Crippen LogP contribution in [0.1, 0.15) is 26.4 Å². The number of nitrogens with zero attached hydrogens (tertiary/aromatic N) is 2. The summed E-state index contributed by atoms with van der Waals surface area (Å²) < 4.78 is 12.2. The van der Waals surface area contributed by atoms with Gasteiger partial charge in [0.1, 0.15) is 23.8 Å². The molecule has 2 aromatic carbocycles. The highest BCUT2D eigenvalue weighted by Crippen LogP contribution is 2.29. The van der Waals surface area contributed by atoms with Gasteiger partial charge in [0, 0.05) is 12.6 Å². The number of benzene rings is 2. The standard InChI is InChI=1S/C20H18N2O5/c1-22-18(20(24)25)10-17(21-22)15-4-3-5-19(16(15)11-23)27-12-13-6-8-14(26-2)9-7-13/h3-11H,12H2,1-2H3,(H,24,25). The Labute approximate surface area is 155 Å². The Balaban J connectivity index is 1.88. The Morgan fingerprint density at radius 3 is 2.56 bits per heavy atom. The van der Waals surface area contributed by atoms with Crippen LogP contribution in [0.4, 0.5) is 0 Å². The summed E-state index contributed by atoms with van der Waals surface area (Å²) in [6.07, 6.45) is 0.688. The van der Waals surface area contributed by atoms with Crippen LogP contribution in [0.15, 0.2) is 48.5 Å². The summed E-state index contributed by atoms with van der Waals surface area (Å²) in [6.45, 7) is 0.275. The van der Waals surface area contributed by atoms with Crippen molar-refractivity contribution in [1.29, 1.82) is 0 Å². The number of aromatic nitrogens is 2. The maximum Gasteiger partial charge on any atom is 0.354 e. The molecule has 7 nitrogen and oxygen atoms in total. The molecular weight excluding hydrogens is 348 g/mol. The van der Waals surface area contributed by atoms with E-state index >= 15 is 0 Å². The van der Waals surface area contributed by atoms with E-state index in [9.17, 15) is 14.7 Å². The number of hydrogen-bond acceptors (Lipinski definition) is 5.